The molecule has 0 saturated carbocycles. The summed E-state index contributed by atoms with van der Waals surface area (Å²) in [5.74, 6) is 3.77. The molecule has 2 saturated heterocycles. The van der Waals surface area contributed by atoms with Crippen molar-refractivity contribution in [3.05, 3.63) is 0 Å². The van der Waals surface area contributed by atoms with Crippen molar-refractivity contribution in [1.82, 2.24) is 5.32 Å². The molecule has 13 heavy (non-hydrogen) atoms. The second kappa shape index (κ2) is 4.22. The molecule has 0 aromatic carbocycles. The smallest absolute Gasteiger partial charge is 0.0208 e. The summed E-state index contributed by atoms with van der Waals surface area (Å²) in [6.07, 6.45) is 7.07. The van der Waals surface area contributed by atoms with Gasteiger partial charge in [-0.25, -0.2) is 0 Å². The van der Waals surface area contributed by atoms with E-state index in [1.807, 2.05) is 0 Å². The first-order valence-corrected chi connectivity index (χ1v) is 6.85. The number of hydrogen-bond acceptors (Lipinski definition) is 2. The van der Waals surface area contributed by atoms with Crippen LogP contribution in [0.3, 0.4) is 0 Å². The van der Waals surface area contributed by atoms with Gasteiger partial charge in [0.25, 0.3) is 0 Å². The van der Waals surface area contributed by atoms with Crippen LogP contribution in [0.25, 0.3) is 0 Å². The highest BCUT2D eigenvalue weighted by Crippen LogP contribution is 2.38. The van der Waals surface area contributed by atoms with Crippen LogP contribution in [0.4, 0.5) is 0 Å². The third kappa shape index (κ3) is 1.89. The predicted molar refractivity (Wildman–Crippen MR) is 60.3 cm³/mol. The molecule has 2 heterocycles. The molecule has 0 amide bonds. The molecular formula is C11H21NS. The lowest BCUT2D eigenvalue weighted by Gasteiger charge is -2.39. The standard InChI is InChI=1S/C11H21NS/c1-2-11(6-3-7-12-11)10-4-8-13-9-5-10/h10,12H,2-9H2,1H3. The molecule has 0 aromatic rings. The Morgan fingerprint density at radius 1 is 1.38 bits per heavy atom. The molecule has 2 fully saturated rings. The second-order valence-corrected chi connectivity index (χ2v) is 5.65. The van der Waals surface area contributed by atoms with Crippen LogP contribution in [0, 0.1) is 5.92 Å². The fourth-order valence-electron chi connectivity index (χ4n) is 3.02. The molecule has 1 nitrogen and oxygen atoms in total. The summed E-state index contributed by atoms with van der Waals surface area (Å²) in [6, 6.07) is 0. The second-order valence-electron chi connectivity index (χ2n) is 4.43. The summed E-state index contributed by atoms with van der Waals surface area (Å²) < 4.78 is 0. The predicted octanol–water partition coefficient (Wildman–Crippen LogP) is 2.66. The largest absolute Gasteiger partial charge is 0.311 e. The van der Waals surface area contributed by atoms with Crippen LogP contribution in [0.15, 0.2) is 0 Å². The van der Waals surface area contributed by atoms with E-state index in [1.54, 1.807) is 0 Å². The third-order valence-corrected chi connectivity index (χ3v) is 4.96. The van der Waals surface area contributed by atoms with Crippen LogP contribution in [0.5, 0.6) is 0 Å². The SMILES string of the molecule is CCC1(C2CCSCC2)CCCN1. The van der Waals surface area contributed by atoms with Gasteiger partial charge in [-0.2, -0.15) is 11.8 Å². The lowest BCUT2D eigenvalue weighted by molar-refractivity contribution is 0.214. The molecule has 0 aromatic heterocycles. The van der Waals surface area contributed by atoms with Gasteiger partial charge in [0, 0.05) is 5.54 Å². The van der Waals surface area contributed by atoms with Crippen LogP contribution in [-0.4, -0.2) is 23.6 Å². The number of rotatable bonds is 2. The van der Waals surface area contributed by atoms with E-state index in [0.717, 1.165) is 5.92 Å². The van der Waals surface area contributed by atoms with Crippen molar-refractivity contribution in [2.45, 2.75) is 44.6 Å². The van der Waals surface area contributed by atoms with Gasteiger partial charge >= 0.3 is 0 Å². The Morgan fingerprint density at radius 2 is 2.15 bits per heavy atom. The first-order valence-electron chi connectivity index (χ1n) is 5.70. The maximum Gasteiger partial charge on any atom is 0.0208 e. The van der Waals surface area contributed by atoms with Gasteiger partial charge in [0.2, 0.25) is 0 Å². The molecule has 1 atom stereocenters. The van der Waals surface area contributed by atoms with E-state index in [2.05, 4.69) is 24.0 Å². The Balaban J connectivity index is 2.01. The van der Waals surface area contributed by atoms with Gasteiger partial charge < -0.3 is 5.32 Å². The lowest BCUT2D eigenvalue weighted by Crippen LogP contribution is -2.47. The van der Waals surface area contributed by atoms with E-state index in [-0.39, 0.29) is 0 Å². The van der Waals surface area contributed by atoms with Crippen LogP contribution in [0.2, 0.25) is 0 Å². The van der Waals surface area contributed by atoms with Gasteiger partial charge in [-0.1, -0.05) is 6.92 Å². The zero-order valence-corrected chi connectivity index (χ0v) is 9.46. The van der Waals surface area contributed by atoms with Crippen molar-refractivity contribution in [3.8, 4) is 0 Å². The quantitative estimate of drug-likeness (QED) is 0.734. The minimum Gasteiger partial charge on any atom is -0.311 e. The first-order chi connectivity index (χ1) is 6.37. The van der Waals surface area contributed by atoms with E-state index in [9.17, 15) is 0 Å². The Morgan fingerprint density at radius 3 is 2.69 bits per heavy atom. The van der Waals surface area contributed by atoms with Gasteiger partial charge in [-0.05, 0) is 56.1 Å². The Labute approximate surface area is 86.0 Å². The normalized spacial score (nSPS) is 36.7. The van der Waals surface area contributed by atoms with Crippen LogP contribution >= 0.6 is 11.8 Å². The van der Waals surface area contributed by atoms with Crippen molar-refractivity contribution in [1.29, 1.82) is 0 Å². The minimum atomic E-state index is 0.543. The zero-order chi connectivity index (χ0) is 9.15. The molecule has 0 aliphatic carbocycles. The Bertz CT molecular complexity index is 157. The van der Waals surface area contributed by atoms with Crippen molar-refractivity contribution in [3.63, 3.8) is 0 Å². The van der Waals surface area contributed by atoms with Crippen molar-refractivity contribution >= 4 is 11.8 Å². The Kier molecular flexibility index (Phi) is 3.20. The average Bonchev–Trinajstić information content (AvgIpc) is 2.69. The van der Waals surface area contributed by atoms with Gasteiger partial charge in [0.15, 0.2) is 0 Å². The zero-order valence-electron chi connectivity index (χ0n) is 8.64. The summed E-state index contributed by atoms with van der Waals surface area (Å²) in [6.45, 7) is 3.62. The fourth-order valence-corrected chi connectivity index (χ4v) is 4.13. The van der Waals surface area contributed by atoms with Gasteiger partial charge in [0.1, 0.15) is 0 Å². The van der Waals surface area contributed by atoms with E-state index in [1.165, 1.54) is 50.2 Å². The maximum absolute atomic E-state index is 3.78. The molecule has 2 aliphatic heterocycles. The molecule has 1 N–H and O–H groups in total. The maximum atomic E-state index is 3.78. The average molecular weight is 199 g/mol. The van der Waals surface area contributed by atoms with Gasteiger partial charge in [-0.3, -0.25) is 0 Å². The lowest BCUT2D eigenvalue weighted by atomic mass is 9.77. The van der Waals surface area contributed by atoms with Crippen LogP contribution < -0.4 is 5.32 Å². The molecule has 76 valence electrons. The fraction of sp³-hybridized carbons (Fsp3) is 1.00. The van der Waals surface area contributed by atoms with E-state index in [0.29, 0.717) is 5.54 Å². The highest BCUT2D eigenvalue weighted by atomic mass is 32.2. The van der Waals surface area contributed by atoms with E-state index in [4.69, 9.17) is 0 Å². The van der Waals surface area contributed by atoms with E-state index < -0.39 is 0 Å². The molecule has 2 heteroatoms. The molecule has 1 unspecified atom stereocenters. The molecule has 2 aliphatic rings. The van der Waals surface area contributed by atoms with Crippen LogP contribution in [0.1, 0.15) is 39.0 Å². The molecule has 0 bridgehead atoms. The number of hydrogen-bond donors (Lipinski definition) is 1. The topological polar surface area (TPSA) is 12.0 Å². The summed E-state index contributed by atoms with van der Waals surface area (Å²) in [4.78, 5) is 0. The van der Waals surface area contributed by atoms with Gasteiger partial charge in [0.05, 0.1) is 0 Å². The van der Waals surface area contributed by atoms with Crippen molar-refractivity contribution in [2.24, 2.45) is 5.92 Å². The van der Waals surface area contributed by atoms with E-state index >= 15 is 0 Å². The molecule has 0 spiro atoms. The molecule has 0 radical (unpaired) electrons. The van der Waals surface area contributed by atoms with Crippen molar-refractivity contribution in [2.75, 3.05) is 18.1 Å². The summed E-state index contributed by atoms with van der Waals surface area (Å²) >= 11 is 2.14. The highest BCUT2D eigenvalue weighted by Gasteiger charge is 2.39. The highest BCUT2D eigenvalue weighted by molar-refractivity contribution is 7.99. The minimum absolute atomic E-state index is 0.543. The molecule has 2 rings (SSSR count). The summed E-state index contributed by atoms with van der Waals surface area (Å²) in [5.41, 5.74) is 0.543. The van der Waals surface area contributed by atoms with Crippen LogP contribution in [-0.2, 0) is 0 Å². The third-order valence-electron chi connectivity index (χ3n) is 3.91. The molecular weight excluding hydrogens is 178 g/mol. The van der Waals surface area contributed by atoms with Gasteiger partial charge in [-0.15, -0.1) is 0 Å². The summed E-state index contributed by atoms with van der Waals surface area (Å²) in [5, 5.41) is 3.78. The number of nitrogens with one attached hydrogen (secondary N) is 1. The first kappa shape index (κ1) is 9.85. The summed E-state index contributed by atoms with van der Waals surface area (Å²) in [7, 11) is 0. The van der Waals surface area contributed by atoms with Crippen molar-refractivity contribution < 1.29 is 0 Å². The number of thioether (sulfide) groups is 1. The Hall–Kier alpha value is 0.310. The monoisotopic (exact) mass is 199 g/mol.